The van der Waals surface area contributed by atoms with Gasteiger partial charge in [-0.2, -0.15) is 14.0 Å². The van der Waals surface area contributed by atoms with E-state index in [1.165, 1.54) is 0 Å². The third-order valence-electron chi connectivity index (χ3n) is 2.88. The standard InChI is InChI=1S/C14H23ClO4S/c1-10-8-11(13(2,3)4)9-12(14(5,6)7)20(10)19-15(16,17)18/h8-9H,1-7H3. The van der Waals surface area contributed by atoms with Crippen LogP contribution in [-0.4, -0.2) is 4.86 Å². The molecule has 1 rings (SSSR count). The number of hydrogen-bond donors (Lipinski definition) is 0. The molecule has 0 N–H and O–H groups in total. The lowest BCUT2D eigenvalue weighted by Crippen LogP contribution is -2.60. The van der Waals surface area contributed by atoms with E-state index in [0.717, 1.165) is 15.3 Å². The van der Waals surface area contributed by atoms with Gasteiger partial charge in [0.25, 0.3) is 0 Å². The summed E-state index contributed by atoms with van der Waals surface area (Å²) in [6.07, 6.45) is 3.88. The van der Waals surface area contributed by atoms with Crippen LogP contribution >= 0.6 is 10.8 Å². The van der Waals surface area contributed by atoms with Gasteiger partial charge in [-0.25, -0.2) is 0 Å². The second kappa shape index (κ2) is 5.55. The average Bonchev–Trinajstić information content (AvgIpc) is 2.15. The Bertz CT molecular complexity index is 485. The molecular formula is C14H23ClO4S. The minimum absolute atomic E-state index is 0.0543. The second-order valence-corrected chi connectivity index (χ2v) is 9.81. The SMILES string of the molecule is CC1=CC(C(C)(C)C)=CC(C(C)(C)C)=S1O[Cl+3]([O-])([O-])[O-]. The zero-order valence-electron chi connectivity index (χ0n) is 13.1. The third kappa shape index (κ3) is 4.69. The Morgan fingerprint density at radius 2 is 1.45 bits per heavy atom. The molecule has 1 atom stereocenters. The van der Waals surface area contributed by atoms with Gasteiger partial charge in [-0.15, -0.1) is 0 Å². The van der Waals surface area contributed by atoms with E-state index in [9.17, 15) is 14.0 Å². The van der Waals surface area contributed by atoms with Gasteiger partial charge in [0.05, 0.1) is 10.2 Å². The largest absolute Gasteiger partial charge is 0.182 e. The van der Waals surface area contributed by atoms with Crippen LogP contribution in [0, 0.1) is 21.1 Å². The van der Waals surface area contributed by atoms with Crippen LogP contribution < -0.4 is 14.0 Å². The molecule has 0 radical (unpaired) electrons. The Hall–Kier alpha value is -0.170. The summed E-state index contributed by atoms with van der Waals surface area (Å²) in [7, 11) is -5.58. The zero-order chi connectivity index (χ0) is 15.9. The fraction of sp³-hybridized carbons (Fsp3) is 0.643. The van der Waals surface area contributed by atoms with E-state index in [1.54, 1.807) is 6.92 Å². The summed E-state index contributed by atoms with van der Waals surface area (Å²) in [5.41, 5.74) is 0.767. The van der Waals surface area contributed by atoms with E-state index in [0.29, 0.717) is 0 Å². The smallest absolute Gasteiger partial charge is 0.141 e. The molecule has 0 saturated heterocycles. The van der Waals surface area contributed by atoms with Crippen LogP contribution in [0.1, 0.15) is 48.5 Å². The summed E-state index contributed by atoms with van der Waals surface area (Å²) in [5, 5.41) is 0. The van der Waals surface area contributed by atoms with Gasteiger partial charge in [0, 0.05) is 9.77 Å². The third-order valence-corrected chi connectivity index (χ3v) is 5.84. The van der Waals surface area contributed by atoms with Crippen molar-refractivity contribution in [3.05, 3.63) is 22.6 Å². The van der Waals surface area contributed by atoms with Crippen molar-refractivity contribution in [2.75, 3.05) is 0 Å². The van der Waals surface area contributed by atoms with Crippen LogP contribution in [0.2, 0.25) is 0 Å². The van der Waals surface area contributed by atoms with Crippen molar-refractivity contribution in [3.63, 3.8) is 0 Å². The molecule has 116 valence electrons. The van der Waals surface area contributed by atoms with E-state index in [1.807, 2.05) is 32.9 Å². The van der Waals surface area contributed by atoms with Gasteiger partial charge in [-0.1, -0.05) is 41.5 Å². The zero-order valence-corrected chi connectivity index (χ0v) is 14.6. The number of rotatable bonds is 2. The molecule has 6 heteroatoms. The van der Waals surface area contributed by atoms with Crippen molar-refractivity contribution in [2.45, 2.75) is 48.5 Å². The van der Waals surface area contributed by atoms with Crippen LogP contribution in [0.15, 0.2) is 22.6 Å². The van der Waals surface area contributed by atoms with E-state index in [-0.39, 0.29) is 10.8 Å². The lowest BCUT2D eigenvalue weighted by atomic mass is 9.82. The Balaban J connectivity index is 3.45. The van der Waals surface area contributed by atoms with Crippen molar-refractivity contribution in [3.8, 4) is 0 Å². The molecule has 4 nitrogen and oxygen atoms in total. The molecule has 1 aliphatic rings. The van der Waals surface area contributed by atoms with Crippen molar-refractivity contribution in [1.82, 2.24) is 0 Å². The topological polar surface area (TPSA) is 78.4 Å². The summed E-state index contributed by atoms with van der Waals surface area (Å²) in [5.74, 6) is 0. The van der Waals surface area contributed by atoms with Crippen LogP contribution in [-0.2, 0) is 3.74 Å². The molecule has 0 aromatic rings. The first-order valence-electron chi connectivity index (χ1n) is 6.35. The second-order valence-electron chi connectivity index (χ2n) is 6.93. The fourth-order valence-corrected chi connectivity index (χ4v) is 4.43. The molecule has 0 aromatic carbocycles. The lowest BCUT2D eigenvalue weighted by Gasteiger charge is -2.30. The number of hydrogen-bond acceptors (Lipinski definition) is 4. The Morgan fingerprint density at radius 3 is 1.80 bits per heavy atom. The van der Waals surface area contributed by atoms with Gasteiger partial charge in [0.1, 0.15) is 14.5 Å². The maximum atomic E-state index is 10.9. The van der Waals surface area contributed by atoms with Crippen molar-refractivity contribution in [2.24, 2.45) is 10.8 Å². The molecule has 0 saturated carbocycles. The first-order chi connectivity index (χ1) is 8.72. The lowest BCUT2D eigenvalue weighted by molar-refractivity contribution is -1.91. The Kier molecular flexibility index (Phi) is 4.97. The highest BCUT2D eigenvalue weighted by Gasteiger charge is 2.34. The molecule has 0 amide bonds. The molecule has 1 unspecified atom stereocenters. The maximum Gasteiger partial charge on any atom is 0.141 e. The number of allylic oxidation sites excluding steroid dienone is 4. The minimum Gasteiger partial charge on any atom is -0.182 e. The van der Waals surface area contributed by atoms with Gasteiger partial charge in [0.15, 0.2) is 0 Å². The van der Waals surface area contributed by atoms with Gasteiger partial charge in [-0.05, 0) is 35.5 Å². The van der Waals surface area contributed by atoms with E-state index in [2.05, 4.69) is 20.8 Å². The molecule has 0 bridgehead atoms. The van der Waals surface area contributed by atoms with Crippen molar-refractivity contribution < 1.29 is 28.0 Å². The van der Waals surface area contributed by atoms with Crippen LogP contribution in [0.5, 0.6) is 0 Å². The van der Waals surface area contributed by atoms with Crippen molar-refractivity contribution in [1.29, 1.82) is 0 Å². The first kappa shape index (κ1) is 17.9. The van der Waals surface area contributed by atoms with E-state index < -0.39 is 21.0 Å². The summed E-state index contributed by atoms with van der Waals surface area (Å²) in [6, 6.07) is 0. The monoisotopic (exact) mass is 322 g/mol. The highest BCUT2D eigenvalue weighted by Crippen LogP contribution is 2.43. The van der Waals surface area contributed by atoms with E-state index in [4.69, 9.17) is 3.74 Å². The van der Waals surface area contributed by atoms with Crippen LogP contribution in [0.3, 0.4) is 0 Å². The molecule has 0 spiro atoms. The Labute approximate surface area is 126 Å². The van der Waals surface area contributed by atoms with Gasteiger partial charge in [0.2, 0.25) is 0 Å². The first-order valence-corrected chi connectivity index (χ1v) is 8.73. The van der Waals surface area contributed by atoms with Gasteiger partial charge < -0.3 is 0 Å². The van der Waals surface area contributed by atoms with E-state index >= 15 is 0 Å². The normalized spacial score (nSPS) is 21.7. The molecular weight excluding hydrogens is 300 g/mol. The molecule has 0 aromatic heterocycles. The fourth-order valence-electron chi connectivity index (χ4n) is 1.77. The average molecular weight is 323 g/mol. The van der Waals surface area contributed by atoms with Gasteiger partial charge in [-0.3, -0.25) is 0 Å². The predicted molar refractivity (Wildman–Crippen MR) is 74.4 cm³/mol. The molecule has 0 aliphatic carbocycles. The predicted octanol–water partition coefficient (Wildman–Crippen LogP) is 1.19. The quantitative estimate of drug-likeness (QED) is 0.715. The highest BCUT2D eigenvalue weighted by atomic mass is 35.7. The summed E-state index contributed by atoms with van der Waals surface area (Å²) >= 11 is 0. The van der Waals surface area contributed by atoms with Gasteiger partial charge >= 0.3 is 0 Å². The highest BCUT2D eigenvalue weighted by molar-refractivity contribution is 8.15. The minimum atomic E-state index is -4.45. The van der Waals surface area contributed by atoms with Crippen LogP contribution in [0.25, 0.3) is 0 Å². The summed E-state index contributed by atoms with van der Waals surface area (Å²) < 4.78 is 37.6. The molecule has 1 heterocycles. The molecule has 20 heavy (non-hydrogen) atoms. The maximum absolute atomic E-state index is 10.9. The van der Waals surface area contributed by atoms with Crippen LogP contribution in [0.4, 0.5) is 0 Å². The molecule has 0 fully saturated rings. The number of halogens is 1. The van der Waals surface area contributed by atoms with Crippen molar-refractivity contribution >= 4 is 15.6 Å². The summed E-state index contributed by atoms with van der Waals surface area (Å²) in [4.78, 5) is 1.59. The Morgan fingerprint density at radius 1 is 0.950 bits per heavy atom. The summed E-state index contributed by atoms with van der Waals surface area (Å²) in [6.45, 7) is 14.0. The molecule has 1 aliphatic heterocycles.